The maximum atomic E-state index is 13.3. The van der Waals surface area contributed by atoms with Crippen LogP contribution in [0.2, 0.25) is 5.02 Å². The SMILES string of the molecule is CC(C)N(CCNC(=O)c1ncn(-c2ccc(NC(=O)c3ccc(F)cc3Cl)cc2)c1C(N)=O)C(C)C. The number of nitrogens with zero attached hydrogens (tertiary/aromatic N) is 3. The number of nitrogens with one attached hydrogen (secondary N) is 2. The highest BCUT2D eigenvalue weighted by molar-refractivity contribution is 6.34. The van der Waals surface area contributed by atoms with Gasteiger partial charge >= 0.3 is 0 Å². The molecule has 0 radical (unpaired) electrons. The van der Waals surface area contributed by atoms with Gasteiger partial charge in [-0.15, -0.1) is 0 Å². The van der Waals surface area contributed by atoms with Crippen LogP contribution in [0.15, 0.2) is 48.8 Å². The van der Waals surface area contributed by atoms with Crippen LogP contribution >= 0.6 is 11.6 Å². The predicted molar refractivity (Wildman–Crippen MR) is 141 cm³/mol. The largest absolute Gasteiger partial charge is 0.364 e. The Labute approximate surface area is 219 Å². The Morgan fingerprint density at radius 2 is 1.70 bits per heavy atom. The Balaban J connectivity index is 1.74. The molecule has 9 nitrogen and oxygen atoms in total. The zero-order chi connectivity index (χ0) is 27.3. The van der Waals surface area contributed by atoms with Gasteiger partial charge in [0.15, 0.2) is 5.69 Å². The smallest absolute Gasteiger partial charge is 0.272 e. The molecular weight excluding hydrogens is 499 g/mol. The Bertz CT molecular complexity index is 1280. The quantitative estimate of drug-likeness (QED) is 0.369. The van der Waals surface area contributed by atoms with Gasteiger partial charge in [-0.05, 0) is 70.2 Å². The van der Waals surface area contributed by atoms with Crippen molar-refractivity contribution in [1.82, 2.24) is 19.8 Å². The van der Waals surface area contributed by atoms with E-state index in [0.29, 0.717) is 36.5 Å². The van der Waals surface area contributed by atoms with Gasteiger partial charge in [0.2, 0.25) is 0 Å². The third-order valence-corrected chi connectivity index (χ3v) is 6.09. The van der Waals surface area contributed by atoms with Crippen LogP contribution in [0.1, 0.15) is 59.0 Å². The number of aromatic nitrogens is 2. The standard InChI is InChI=1S/C26H30ClFN6O3/c1-15(2)33(16(3)4)12-11-30-26(37)22-23(24(29)35)34(14-31-22)19-8-6-18(7-9-19)32-25(36)20-10-5-17(28)13-21(20)27/h5-10,13-16H,11-12H2,1-4H3,(H2,29,35)(H,30,37)(H,32,36). The second-order valence-electron chi connectivity index (χ2n) is 8.98. The van der Waals surface area contributed by atoms with E-state index in [9.17, 15) is 18.8 Å². The number of primary amides is 1. The second-order valence-corrected chi connectivity index (χ2v) is 9.39. The van der Waals surface area contributed by atoms with E-state index in [1.165, 1.54) is 17.0 Å². The average Bonchev–Trinajstić information content (AvgIpc) is 3.27. The van der Waals surface area contributed by atoms with Crippen LogP contribution in [0, 0.1) is 5.82 Å². The Morgan fingerprint density at radius 1 is 1.05 bits per heavy atom. The topological polar surface area (TPSA) is 122 Å². The summed E-state index contributed by atoms with van der Waals surface area (Å²) in [4.78, 5) is 43.9. The third-order valence-electron chi connectivity index (χ3n) is 5.78. The minimum absolute atomic E-state index is 0.00874. The van der Waals surface area contributed by atoms with E-state index in [0.717, 1.165) is 12.1 Å². The van der Waals surface area contributed by atoms with E-state index < -0.39 is 23.5 Å². The van der Waals surface area contributed by atoms with Gasteiger partial charge in [-0.1, -0.05) is 11.6 Å². The van der Waals surface area contributed by atoms with Crippen LogP contribution in [0.3, 0.4) is 0 Å². The number of benzene rings is 2. The first-order chi connectivity index (χ1) is 17.5. The Kier molecular flexibility index (Phi) is 9.01. The minimum Gasteiger partial charge on any atom is -0.364 e. The molecule has 0 aliphatic rings. The number of hydrogen-bond donors (Lipinski definition) is 3. The van der Waals surface area contributed by atoms with E-state index in [2.05, 4.69) is 48.2 Å². The monoisotopic (exact) mass is 528 g/mol. The molecule has 0 unspecified atom stereocenters. The van der Waals surface area contributed by atoms with Crippen molar-refractivity contribution in [2.24, 2.45) is 5.73 Å². The lowest BCUT2D eigenvalue weighted by Gasteiger charge is -2.30. The van der Waals surface area contributed by atoms with Crippen molar-refractivity contribution in [3.8, 4) is 5.69 Å². The molecule has 2 aromatic carbocycles. The van der Waals surface area contributed by atoms with Crippen molar-refractivity contribution in [2.75, 3.05) is 18.4 Å². The van der Waals surface area contributed by atoms with Crippen molar-refractivity contribution in [1.29, 1.82) is 0 Å². The molecule has 3 aromatic rings. The third kappa shape index (κ3) is 6.72. The zero-order valence-electron chi connectivity index (χ0n) is 21.1. The molecule has 4 N–H and O–H groups in total. The van der Waals surface area contributed by atoms with Gasteiger partial charge in [-0.25, -0.2) is 9.37 Å². The molecule has 0 saturated heterocycles. The normalized spacial score (nSPS) is 11.3. The summed E-state index contributed by atoms with van der Waals surface area (Å²) in [6, 6.07) is 10.6. The number of rotatable bonds is 10. The van der Waals surface area contributed by atoms with Crippen LogP contribution in [-0.4, -0.2) is 57.3 Å². The zero-order valence-corrected chi connectivity index (χ0v) is 21.8. The molecule has 11 heteroatoms. The van der Waals surface area contributed by atoms with Gasteiger partial charge in [0.05, 0.1) is 10.6 Å². The maximum Gasteiger partial charge on any atom is 0.272 e. The van der Waals surface area contributed by atoms with Crippen molar-refractivity contribution in [3.63, 3.8) is 0 Å². The van der Waals surface area contributed by atoms with Crippen LogP contribution < -0.4 is 16.4 Å². The first-order valence-electron chi connectivity index (χ1n) is 11.8. The Morgan fingerprint density at radius 3 is 2.27 bits per heavy atom. The molecule has 37 heavy (non-hydrogen) atoms. The summed E-state index contributed by atoms with van der Waals surface area (Å²) in [6.07, 6.45) is 1.34. The molecular formula is C26H30ClFN6O3. The lowest BCUT2D eigenvalue weighted by molar-refractivity contribution is 0.0919. The summed E-state index contributed by atoms with van der Waals surface area (Å²) >= 11 is 5.96. The fraction of sp³-hybridized carbons (Fsp3) is 0.308. The lowest BCUT2D eigenvalue weighted by Crippen LogP contribution is -2.42. The van der Waals surface area contributed by atoms with E-state index in [1.807, 2.05) is 0 Å². The van der Waals surface area contributed by atoms with Crippen LogP contribution in [0.25, 0.3) is 5.69 Å². The molecule has 1 aromatic heterocycles. The first kappa shape index (κ1) is 27.8. The van der Waals surface area contributed by atoms with Crippen LogP contribution in [0.4, 0.5) is 10.1 Å². The summed E-state index contributed by atoms with van der Waals surface area (Å²) in [6.45, 7) is 9.37. The van der Waals surface area contributed by atoms with Gasteiger partial charge in [0, 0.05) is 36.5 Å². The molecule has 3 amide bonds. The second kappa shape index (κ2) is 12.0. The molecule has 0 aliphatic carbocycles. The number of amides is 3. The molecule has 0 spiro atoms. The molecule has 1 heterocycles. The molecule has 3 rings (SSSR count). The average molecular weight is 529 g/mol. The molecule has 0 fully saturated rings. The molecule has 0 saturated carbocycles. The van der Waals surface area contributed by atoms with Crippen LogP contribution in [-0.2, 0) is 0 Å². The summed E-state index contributed by atoms with van der Waals surface area (Å²) in [7, 11) is 0. The van der Waals surface area contributed by atoms with Crippen molar-refractivity contribution in [2.45, 2.75) is 39.8 Å². The molecule has 0 bridgehead atoms. The van der Waals surface area contributed by atoms with Crippen molar-refractivity contribution < 1.29 is 18.8 Å². The van der Waals surface area contributed by atoms with Gasteiger partial charge in [0.25, 0.3) is 17.7 Å². The Hall–Kier alpha value is -3.76. The van der Waals surface area contributed by atoms with Gasteiger partial charge < -0.3 is 16.4 Å². The highest BCUT2D eigenvalue weighted by Crippen LogP contribution is 2.21. The van der Waals surface area contributed by atoms with Gasteiger partial charge in [-0.3, -0.25) is 23.9 Å². The summed E-state index contributed by atoms with van der Waals surface area (Å²) < 4.78 is 14.7. The number of carbonyl (C=O) groups excluding carboxylic acids is 3. The fourth-order valence-electron chi connectivity index (χ4n) is 4.02. The van der Waals surface area contributed by atoms with E-state index in [4.69, 9.17) is 17.3 Å². The summed E-state index contributed by atoms with van der Waals surface area (Å²) in [5.74, 6) is -2.36. The molecule has 0 atom stereocenters. The van der Waals surface area contributed by atoms with Crippen LogP contribution in [0.5, 0.6) is 0 Å². The number of carbonyl (C=O) groups is 3. The lowest BCUT2D eigenvalue weighted by atomic mass is 10.2. The van der Waals surface area contributed by atoms with E-state index >= 15 is 0 Å². The van der Waals surface area contributed by atoms with Gasteiger partial charge in [0.1, 0.15) is 17.8 Å². The predicted octanol–water partition coefficient (Wildman–Crippen LogP) is 3.86. The highest BCUT2D eigenvalue weighted by Gasteiger charge is 2.23. The van der Waals surface area contributed by atoms with Crippen molar-refractivity contribution >= 4 is 35.0 Å². The number of imidazole rings is 1. The maximum absolute atomic E-state index is 13.3. The van der Waals surface area contributed by atoms with E-state index in [-0.39, 0.29) is 22.0 Å². The minimum atomic E-state index is -0.808. The highest BCUT2D eigenvalue weighted by atomic mass is 35.5. The number of halogens is 2. The molecule has 196 valence electrons. The first-order valence-corrected chi connectivity index (χ1v) is 12.1. The summed E-state index contributed by atoms with van der Waals surface area (Å²) in [5, 5.41) is 5.47. The number of nitrogens with two attached hydrogens (primary N) is 1. The van der Waals surface area contributed by atoms with Crippen molar-refractivity contribution in [3.05, 3.63) is 76.6 Å². The molecule has 0 aliphatic heterocycles. The summed E-state index contributed by atoms with van der Waals surface area (Å²) in [5.41, 5.74) is 6.53. The van der Waals surface area contributed by atoms with Gasteiger partial charge in [-0.2, -0.15) is 0 Å². The van der Waals surface area contributed by atoms with E-state index in [1.54, 1.807) is 24.3 Å². The number of hydrogen-bond acceptors (Lipinski definition) is 5. The number of anilines is 1. The fourth-order valence-corrected chi connectivity index (χ4v) is 4.27.